The molecule has 14 heteroatoms. The molecule has 4 unspecified atom stereocenters. The largest absolute Gasteiger partial charge is 0.394 e. The first-order chi connectivity index (χ1) is 22.5. The molecule has 4 atom stereocenters. The summed E-state index contributed by atoms with van der Waals surface area (Å²) in [5, 5.41) is 8.52. The Bertz CT molecular complexity index is 952. The van der Waals surface area contributed by atoms with Gasteiger partial charge in [0.05, 0.1) is 123 Å². The maximum atomic E-state index is 12.2. The van der Waals surface area contributed by atoms with Crippen molar-refractivity contribution in [3.63, 3.8) is 0 Å². The number of allylic oxidation sites excluding steroid dienone is 4. The predicted molar refractivity (Wildman–Crippen MR) is 167 cm³/mol. The van der Waals surface area contributed by atoms with Crippen molar-refractivity contribution in [2.24, 2.45) is 23.7 Å². The van der Waals surface area contributed by atoms with Crippen LogP contribution in [0.5, 0.6) is 0 Å². The summed E-state index contributed by atoms with van der Waals surface area (Å²) in [4.78, 5) is 51.2. The topological polar surface area (TPSA) is 150 Å². The van der Waals surface area contributed by atoms with Crippen LogP contribution >= 0.6 is 11.6 Å². The molecule has 4 rings (SSSR count). The van der Waals surface area contributed by atoms with Gasteiger partial charge in [-0.25, -0.2) is 0 Å². The van der Waals surface area contributed by atoms with Gasteiger partial charge in [0, 0.05) is 5.88 Å². The van der Waals surface area contributed by atoms with E-state index in [1.807, 2.05) is 0 Å². The summed E-state index contributed by atoms with van der Waals surface area (Å²) >= 11 is 5.47. The number of halogens is 1. The minimum atomic E-state index is -0.352. The summed E-state index contributed by atoms with van der Waals surface area (Å²) in [5.41, 5.74) is 0. The number of aliphatic hydroxyl groups is 1. The Morgan fingerprint density at radius 3 is 1.07 bits per heavy atom. The van der Waals surface area contributed by atoms with Crippen molar-refractivity contribution in [1.29, 1.82) is 0 Å². The van der Waals surface area contributed by atoms with Gasteiger partial charge < -0.3 is 33.5 Å². The summed E-state index contributed by atoms with van der Waals surface area (Å²) < 4.78 is 31.6. The van der Waals surface area contributed by atoms with Crippen LogP contribution in [0.2, 0.25) is 0 Å². The molecule has 2 aliphatic carbocycles. The van der Waals surface area contributed by atoms with Crippen molar-refractivity contribution in [2.45, 2.75) is 0 Å². The molecule has 46 heavy (non-hydrogen) atoms. The second kappa shape index (κ2) is 21.9. The van der Waals surface area contributed by atoms with E-state index in [0.717, 1.165) is 0 Å². The van der Waals surface area contributed by atoms with Crippen LogP contribution in [0.15, 0.2) is 48.6 Å². The fraction of sp³-hybridized carbons (Fsp3) is 0.625. The maximum absolute atomic E-state index is 12.2. The Labute approximate surface area is 274 Å². The number of carbonyl (C=O) groups excluding carboxylic acids is 4. The van der Waals surface area contributed by atoms with Crippen LogP contribution in [0.3, 0.4) is 0 Å². The Morgan fingerprint density at radius 1 is 0.478 bits per heavy atom. The molecular formula is C32H45ClN2O11. The number of hydrogen-bond donors (Lipinski definition) is 1. The zero-order valence-corrected chi connectivity index (χ0v) is 26.8. The smallest absolute Gasteiger partial charge is 0.237 e. The first-order valence-electron chi connectivity index (χ1n) is 15.5. The van der Waals surface area contributed by atoms with Crippen LogP contribution in [-0.2, 0) is 47.6 Å². The van der Waals surface area contributed by atoms with Crippen molar-refractivity contribution >= 4 is 35.2 Å². The van der Waals surface area contributed by atoms with Gasteiger partial charge in [-0.15, -0.1) is 11.6 Å². The molecule has 4 amide bonds. The van der Waals surface area contributed by atoms with Gasteiger partial charge in [-0.05, 0) is 0 Å². The lowest BCUT2D eigenvalue weighted by Gasteiger charge is -2.14. The SMILES string of the molecule is O=C1C2C=CC=CC2C(=O)N1CCOCCOCCOCCCl.O=C1C2C=CC=CC2C(=O)N1CCOCCOCCOCCO. The molecule has 256 valence electrons. The third-order valence-electron chi connectivity index (χ3n) is 7.34. The molecule has 0 spiro atoms. The first-order valence-corrected chi connectivity index (χ1v) is 16.1. The zero-order valence-electron chi connectivity index (χ0n) is 26.0. The Balaban J connectivity index is 0.000000250. The monoisotopic (exact) mass is 668 g/mol. The van der Waals surface area contributed by atoms with E-state index in [4.69, 9.17) is 45.1 Å². The average molecular weight is 669 g/mol. The van der Waals surface area contributed by atoms with Gasteiger partial charge in [0.25, 0.3) is 0 Å². The Hall–Kier alpha value is -2.75. The molecule has 1 N–H and O–H groups in total. The van der Waals surface area contributed by atoms with Gasteiger partial charge >= 0.3 is 0 Å². The van der Waals surface area contributed by atoms with Crippen molar-refractivity contribution in [2.75, 3.05) is 105 Å². The van der Waals surface area contributed by atoms with Gasteiger partial charge in [-0.3, -0.25) is 29.0 Å². The number of amides is 4. The molecule has 0 aromatic heterocycles. The highest BCUT2D eigenvalue weighted by molar-refractivity contribution is 6.18. The van der Waals surface area contributed by atoms with Crippen molar-refractivity contribution in [3.05, 3.63) is 48.6 Å². The molecule has 13 nitrogen and oxygen atoms in total. The molecule has 0 saturated carbocycles. The van der Waals surface area contributed by atoms with E-state index in [9.17, 15) is 19.2 Å². The van der Waals surface area contributed by atoms with Crippen molar-refractivity contribution < 1.29 is 52.7 Å². The summed E-state index contributed by atoms with van der Waals surface area (Å²) in [5.74, 6) is -1.50. The maximum Gasteiger partial charge on any atom is 0.237 e. The number of ether oxygens (including phenoxy) is 6. The van der Waals surface area contributed by atoms with E-state index in [1.54, 1.807) is 48.6 Å². The third kappa shape index (κ3) is 11.8. The Kier molecular flexibility index (Phi) is 18.0. The lowest BCUT2D eigenvalue weighted by atomic mass is 9.91. The number of alkyl halides is 1. The van der Waals surface area contributed by atoms with Gasteiger partial charge in [0.15, 0.2) is 0 Å². The van der Waals surface area contributed by atoms with Gasteiger partial charge in [0.2, 0.25) is 23.6 Å². The lowest BCUT2D eigenvalue weighted by molar-refractivity contribution is -0.141. The van der Waals surface area contributed by atoms with Crippen LogP contribution in [0.1, 0.15) is 0 Å². The normalized spacial score (nSPS) is 22.9. The highest BCUT2D eigenvalue weighted by Gasteiger charge is 2.46. The summed E-state index contributed by atoms with van der Waals surface area (Å²) in [6.45, 7) is 5.54. The average Bonchev–Trinajstić information content (AvgIpc) is 3.47. The van der Waals surface area contributed by atoms with Gasteiger partial charge in [0.1, 0.15) is 0 Å². The lowest BCUT2D eigenvalue weighted by Crippen LogP contribution is -2.34. The number of nitrogens with zero attached hydrogens (tertiary/aromatic N) is 2. The molecule has 0 aromatic rings. The van der Waals surface area contributed by atoms with Crippen LogP contribution < -0.4 is 0 Å². The molecule has 2 aliphatic heterocycles. The quantitative estimate of drug-likeness (QED) is 0.0990. The summed E-state index contributed by atoms with van der Waals surface area (Å²) in [6.07, 6.45) is 14.3. The summed E-state index contributed by atoms with van der Waals surface area (Å²) in [7, 11) is 0. The Morgan fingerprint density at radius 2 is 0.761 bits per heavy atom. The van der Waals surface area contributed by atoms with Crippen molar-refractivity contribution in [1.82, 2.24) is 9.80 Å². The first kappa shape index (κ1) is 37.7. The molecule has 2 heterocycles. The van der Waals surface area contributed by atoms with Crippen LogP contribution in [0.4, 0.5) is 0 Å². The standard InChI is InChI=1S/C16H22ClNO5.C16H23NO6/c17-5-7-21-9-11-23-12-10-22-8-6-18-15(19)13-3-1-2-4-14(13)16(18)20;18-6-8-22-10-12-23-11-9-21-7-5-17-15(19)13-3-1-2-4-14(13)16(17)20/h1-4,13-14H,5-12H2;1-4,13-14,18H,5-12H2. The number of carbonyl (C=O) groups is 4. The van der Waals surface area contributed by atoms with E-state index in [2.05, 4.69) is 0 Å². The highest BCUT2D eigenvalue weighted by atomic mass is 35.5. The molecule has 2 saturated heterocycles. The number of aliphatic hydroxyl groups excluding tert-OH is 1. The number of fused-ring (bicyclic) bond motifs is 2. The number of imide groups is 2. The minimum Gasteiger partial charge on any atom is -0.394 e. The number of rotatable bonds is 22. The van der Waals surface area contributed by atoms with E-state index in [0.29, 0.717) is 85.2 Å². The second-order valence-electron chi connectivity index (χ2n) is 10.4. The van der Waals surface area contributed by atoms with Crippen molar-refractivity contribution in [3.8, 4) is 0 Å². The summed E-state index contributed by atoms with van der Waals surface area (Å²) in [6, 6.07) is 0. The van der Waals surface area contributed by atoms with E-state index in [1.165, 1.54) is 9.80 Å². The van der Waals surface area contributed by atoms with Gasteiger partial charge in [-0.2, -0.15) is 0 Å². The minimum absolute atomic E-state index is 0.00431. The second-order valence-corrected chi connectivity index (χ2v) is 10.8. The molecule has 0 radical (unpaired) electrons. The predicted octanol–water partition coefficient (Wildman–Crippen LogP) is 0.758. The van der Waals surface area contributed by atoms with E-state index >= 15 is 0 Å². The fourth-order valence-corrected chi connectivity index (χ4v) is 5.16. The highest BCUT2D eigenvalue weighted by Crippen LogP contribution is 2.31. The van der Waals surface area contributed by atoms with Gasteiger partial charge in [-0.1, -0.05) is 48.6 Å². The van der Waals surface area contributed by atoms with Crippen LogP contribution in [0, 0.1) is 23.7 Å². The molecule has 4 aliphatic rings. The fourth-order valence-electron chi connectivity index (χ4n) is 5.05. The molecule has 0 aromatic carbocycles. The van der Waals surface area contributed by atoms with E-state index < -0.39 is 0 Å². The number of likely N-dealkylation sites (tertiary alicyclic amines) is 2. The van der Waals surface area contributed by atoms with Crippen LogP contribution in [-0.4, -0.2) is 143 Å². The van der Waals surface area contributed by atoms with E-state index in [-0.39, 0.29) is 67.0 Å². The zero-order chi connectivity index (χ0) is 33.0. The molecule has 2 fully saturated rings. The molecular weight excluding hydrogens is 624 g/mol. The molecule has 0 bridgehead atoms. The third-order valence-corrected chi connectivity index (χ3v) is 7.49. The number of hydrogen-bond acceptors (Lipinski definition) is 11. The van der Waals surface area contributed by atoms with Crippen LogP contribution in [0.25, 0.3) is 0 Å².